The molecule has 5 nitrogen and oxygen atoms in total. The van der Waals surface area contributed by atoms with Crippen LogP contribution in [-0.2, 0) is 0 Å². The van der Waals surface area contributed by atoms with E-state index in [0.717, 1.165) is 5.69 Å². The SMILES string of the molecule is O=C(O)c1c[nH]c(/C=C/c2ccccn2)cc1=O. The van der Waals surface area contributed by atoms with Crippen LogP contribution in [0.4, 0.5) is 0 Å². The molecule has 2 aromatic heterocycles. The van der Waals surface area contributed by atoms with Crippen LogP contribution in [0.3, 0.4) is 0 Å². The van der Waals surface area contributed by atoms with Crippen LogP contribution in [0.25, 0.3) is 12.2 Å². The number of hydrogen-bond donors (Lipinski definition) is 2. The van der Waals surface area contributed by atoms with Crippen LogP contribution in [0, 0.1) is 0 Å². The van der Waals surface area contributed by atoms with Crippen molar-refractivity contribution in [2.45, 2.75) is 0 Å². The van der Waals surface area contributed by atoms with Gasteiger partial charge in [0.05, 0.1) is 5.69 Å². The molecule has 0 aliphatic carbocycles. The van der Waals surface area contributed by atoms with E-state index in [-0.39, 0.29) is 5.56 Å². The van der Waals surface area contributed by atoms with Crippen molar-refractivity contribution in [3.63, 3.8) is 0 Å². The second-order valence-corrected chi connectivity index (χ2v) is 3.56. The summed E-state index contributed by atoms with van der Waals surface area (Å²) in [6.07, 6.45) is 6.24. The number of aromatic nitrogens is 2. The van der Waals surface area contributed by atoms with Crippen molar-refractivity contribution in [2.24, 2.45) is 0 Å². The molecule has 0 atom stereocenters. The maximum atomic E-state index is 11.4. The number of carboxylic acids is 1. The lowest BCUT2D eigenvalue weighted by Gasteiger charge is -1.96. The Balaban J connectivity index is 2.26. The number of hydrogen-bond acceptors (Lipinski definition) is 3. The van der Waals surface area contributed by atoms with Crippen molar-refractivity contribution in [1.82, 2.24) is 9.97 Å². The zero-order valence-corrected chi connectivity index (χ0v) is 9.33. The van der Waals surface area contributed by atoms with Gasteiger partial charge in [0.15, 0.2) is 5.43 Å². The van der Waals surface area contributed by atoms with Crippen molar-refractivity contribution in [1.29, 1.82) is 0 Å². The molecule has 0 aromatic carbocycles. The summed E-state index contributed by atoms with van der Waals surface area (Å²) in [4.78, 5) is 28.9. The van der Waals surface area contributed by atoms with Gasteiger partial charge in [-0.3, -0.25) is 9.78 Å². The highest BCUT2D eigenvalue weighted by atomic mass is 16.4. The molecule has 2 N–H and O–H groups in total. The summed E-state index contributed by atoms with van der Waals surface area (Å²) < 4.78 is 0. The van der Waals surface area contributed by atoms with E-state index in [1.165, 1.54) is 12.3 Å². The second-order valence-electron chi connectivity index (χ2n) is 3.56. The molecule has 0 saturated carbocycles. The van der Waals surface area contributed by atoms with Gasteiger partial charge >= 0.3 is 5.97 Å². The lowest BCUT2D eigenvalue weighted by molar-refractivity contribution is 0.0695. The number of carboxylic acid groups (broad SMARTS) is 1. The number of nitrogens with one attached hydrogen (secondary N) is 1. The Hall–Kier alpha value is -2.69. The molecule has 2 rings (SSSR count). The number of aromatic amines is 1. The van der Waals surface area contributed by atoms with E-state index in [4.69, 9.17) is 5.11 Å². The first-order valence-corrected chi connectivity index (χ1v) is 5.22. The average molecular weight is 242 g/mol. The first kappa shape index (κ1) is 11.8. The lowest BCUT2D eigenvalue weighted by Crippen LogP contribution is -2.14. The van der Waals surface area contributed by atoms with Crippen LogP contribution < -0.4 is 5.43 Å². The fraction of sp³-hybridized carbons (Fsp3) is 0. The average Bonchev–Trinajstić information content (AvgIpc) is 2.37. The molecule has 2 heterocycles. The Kier molecular flexibility index (Phi) is 3.33. The minimum atomic E-state index is -1.24. The van der Waals surface area contributed by atoms with E-state index in [2.05, 4.69) is 9.97 Å². The second kappa shape index (κ2) is 5.09. The Bertz CT molecular complexity index is 645. The number of H-pyrrole nitrogens is 1. The Morgan fingerprint density at radius 3 is 2.78 bits per heavy atom. The number of carbonyl (C=O) groups is 1. The Labute approximate surface area is 102 Å². The molecule has 0 spiro atoms. The van der Waals surface area contributed by atoms with Gasteiger partial charge in [0.1, 0.15) is 5.56 Å². The molecule has 0 fully saturated rings. The van der Waals surface area contributed by atoms with Crippen LogP contribution >= 0.6 is 0 Å². The number of rotatable bonds is 3. The highest BCUT2D eigenvalue weighted by Crippen LogP contribution is 2.02. The molecule has 0 aliphatic heterocycles. The maximum absolute atomic E-state index is 11.4. The molecule has 0 saturated heterocycles. The fourth-order valence-corrected chi connectivity index (χ4v) is 1.40. The first-order chi connectivity index (χ1) is 8.66. The van der Waals surface area contributed by atoms with Gasteiger partial charge in [0.2, 0.25) is 0 Å². The summed E-state index contributed by atoms with van der Waals surface area (Å²) in [6.45, 7) is 0. The number of nitrogens with zero attached hydrogens (tertiary/aromatic N) is 1. The third-order valence-electron chi connectivity index (χ3n) is 2.29. The van der Waals surface area contributed by atoms with Crippen molar-refractivity contribution < 1.29 is 9.90 Å². The smallest absolute Gasteiger partial charge is 0.341 e. The van der Waals surface area contributed by atoms with E-state index in [0.29, 0.717) is 5.69 Å². The zero-order chi connectivity index (χ0) is 13.0. The topological polar surface area (TPSA) is 83.0 Å². The molecular weight excluding hydrogens is 232 g/mol. The standard InChI is InChI=1S/C13H10N2O3/c16-12-7-10(15-8-11(12)13(17)18)5-4-9-3-1-2-6-14-9/h1-8H,(H,15,16)(H,17,18)/b5-4+. The monoisotopic (exact) mass is 242 g/mol. The van der Waals surface area contributed by atoms with Crippen molar-refractivity contribution >= 4 is 18.1 Å². The van der Waals surface area contributed by atoms with E-state index in [9.17, 15) is 9.59 Å². The van der Waals surface area contributed by atoms with E-state index in [1.54, 1.807) is 24.4 Å². The molecular formula is C13H10N2O3. The third kappa shape index (κ3) is 2.70. The summed E-state index contributed by atoms with van der Waals surface area (Å²) in [7, 11) is 0. The highest BCUT2D eigenvalue weighted by molar-refractivity contribution is 5.87. The predicted octanol–water partition coefficient (Wildman–Crippen LogP) is 1.64. The van der Waals surface area contributed by atoms with Crippen LogP contribution in [0.5, 0.6) is 0 Å². The van der Waals surface area contributed by atoms with E-state index in [1.807, 2.05) is 12.1 Å². The summed E-state index contributed by atoms with van der Waals surface area (Å²) in [5, 5.41) is 8.72. The molecule has 90 valence electrons. The van der Waals surface area contributed by atoms with Gasteiger partial charge in [-0.05, 0) is 24.3 Å². The van der Waals surface area contributed by atoms with Gasteiger partial charge < -0.3 is 10.1 Å². The molecule has 0 bridgehead atoms. The zero-order valence-electron chi connectivity index (χ0n) is 9.33. The minimum absolute atomic E-state index is 0.273. The first-order valence-electron chi connectivity index (χ1n) is 5.22. The lowest BCUT2D eigenvalue weighted by atomic mass is 10.2. The number of pyridine rings is 2. The van der Waals surface area contributed by atoms with Gasteiger partial charge in [-0.15, -0.1) is 0 Å². The maximum Gasteiger partial charge on any atom is 0.341 e. The van der Waals surface area contributed by atoms with Crippen molar-refractivity contribution in [2.75, 3.05) is 0 Å². The molecule has 0 unspecified atom stereocenters. The predicted molar refractivity (Wildman–Crippen MR) is 67.2 cm³/mol. The van der Waals surface area contributed by atoms with Crippen LogP contribution in [0.15, 0.2) is 41.5 Å². The van der Waals surface area contributed by atoms with Gasteiger partial charge in [-0.2, -0.15) is 0 Å². The molecule has 0 amide bonds. The minimum Gasteiger partial charge on any atom is -0.477 e. The quantitative estimate of drug-likeness (QED) is 0.857. The summed E-state index contributed by atoms with van der Waals surface area (Å²) >= 11 is 0. The molecule has 0 radical (unpaired) electrons. The summed E-state index contributed by atoms with van der Waals surface area (Å²) in [6, 6.07) is 6.72. The molecule has 2 aromatic rings. The Morgan fingerprint density at radius 2 is 2.17 bits per heavy atom. The molecule has 0 aliphatic rings. The van der Waals surface area contributed by atoms with Crippen LogP contribution in [0.1, 0.15) is 21.7 Å². The largest absolute Gasteiger partial charge is 0.477 e. The van der Waals surface area contributed by atoms with Crippen molar-refractivity contribution in [3.8, 4) is 0 Å². The van der Waals surface area contributed by atoms with Gasteiger partial charge in [-0.25, -0.2) is 4.79 Å². The van der Waals surface area contributed by atoms with Gasteiger partial charge in [-0.1, -0.05) is 6.07 Å². The van der Waals surface area contributed by atoms with Crippen molar-refractivity contribution in [3.05, 3.63) is 63.8 Å². The van der Waals surface area contributed by atoms with E-state index < -0.39 is 11.4 Å². The highest BCUT2D eigenvalue weighted by Gasteiger charge is 2.07. The van der Waals surface area contributed by atoms with E-state index >= 15 is 0 Å². The van der Waals surface area contributed by atoms with Gasteiger partial charge in [0.25, 0.3) is 0 Å². The molecule has 18 heavy (non-hydrogen) atoms. The Morgan fingerprint density at radius 1 is 1.33 bits per heavy atom. The fourth-order valence-electron chi connectivity index (χ4n) is 1.40. The van der Waals surface area contributed by atoms with Crippen LogP contribution in [0.2, 0.25) is 0 Å². The summed E-state index contributed by atoms with van der Waals surface area (Å²) in [5.41, 5.74) is 0.475. The normalized spacial score (nSPS) is 10.7. The number of aromatic carboxylic acids is 1. The van der Waals surface area contributed by atoms with Crippen LogP contribution in [-0.4, -0.2) is 21.0 Å². The summed E-state index contributed by atoms with van der Waals surface area (Å²) in [5.74, 6) is -1.24. The molecule has 5 heteroatoms. The van der Waals surface area contributed by atoms with Gasteiger partial charge in [0, 0.05) is 24.2 Å². The third-order valence-corrected chi connectivity index (χ3v) is 2.29.